The number of aromatic nitrogens is 2. The van der Waals surface area contributed by atoms with Gasteiger partial charge in [-0.05, 0) is 23.5 Å². The third-order valence-corrected chi connectivity index (χ3v) is 4.48. The number of methoxy groups -OCH3 is 2. The van der Waals surface area contributed by atoms with Crippen molar-refractivity contribution in [2.75, 3.05) is 14.2 Å². The highest BCUT2D eigenvalue weighted by molar-refractivity contribution is 6.30. The fraction of sp³-hybridized carbons (Fsp3) is 0.429. The largest absolute Gasteiger partial charge is 0.503 e. The van der Waals surface area contributed by atoms with Crippen molar-refractivity contribution in [3.63, 3.8) is 0 Å². The molecule has 7 heteroatoms. The highest BCUT2D eigenvalue weighted by Crippen LogP contribution is 2.29. The summed E-state index contributed by atoms with van der Waals surface area (Å²) in [4.78, 5) is 12.1. The molecule has 0 unspecified atom stereocenters. The molecule has 0 radical (unpaired) electrons. The highest BCUT2D eigenvalue weighted by Gasteiger charge is 2.20. The maximum atomic E-state index is 12.1. The molecule has 28 heavy (non-hydrogen) atoms. The Labute approximate surface area is 171 Å². The number of ether oxygens (including phenoxy) is 3. The second kappa shape index (κ2) is 9.15. The van der Waals surface area contributed by atoms with E-state index < -0.39 is 5.97 Å². The van der Waals surface area contributed by atoms with Crippen LogP contribution in [0.5, 0.6) is 5.88 Å². The summed E-state index contributed by atoms with van der Waals surface area (Å²) in [5, 5.41) is 5.07. The van der Waals surface area contributed by atoms with Crippen LogP contribution < -0.4 is 4.74 Å². The number of rotatable bonds is 7. The average molecular weight is 407 g/mol. The van der Waals surface area contributed by atoms with Crippen LogP contribution in [0, 0.1) is 12.3 Å². The minimum absolute atomic E-state index is 0.0341. The number of carbonyl (C=O) groups is 1. The molecule has 152 valence electrons. The molecule has 0 atom stereocenters. The van der Waals surface area contributed by atoms with Crippen LogP contribution in [-0.4, -0.2) is 30.0 Å². The lowest BCUT2D eigenvalue weighted by molar-refractivity contribution is -0.133. The Hall–Kier alpha value is -2.47. The van der Waals surface area contributed by atoms with Crippen LogP contribution in [0.3, 0.4) is 0 Å². The molecule has 1 aromatic carbocycles. The Kier molecular flexibility index (Phi) is 7.13. The van der Waals surface area contributed by atoms with Gasteiger partial charge in [0, 0.05) is 12.1 Å². The molecule has 0 aliphatic carbocycles. The standard InChI is InChI=1S/C21H27ClN2O4/c1-14-18(22)24(13-21(2,3)4)23-19(14)28-11-15-9-7-8-10-16(15)17(12-26-5)20(25)27-6/h7-10,12H,11,13H2,1-6H3/b17-12+. The van der Waals surface area contributed by atoms with E-state index in [1.165, 1.54) is 20.5 Å². The third-order valence-electron chi connectivity index (χ3n) is 4.01. The fourth-order valence-electron chi connectivity index (χ4n) is 2.71. The SMILES string of the molecule is CO/C=C(/C(=O)OC)c1ccccc1COc1nn(CC(C)(C)C)c(Cl)c1C. The molecule has 0 N–H and O–H groups in total. The molecule has 1 aromatic heterocycles. The van der Waals surface area contributed by atoms with E-state index in [2.05, 4.69) is 25.9 Å². The Morgan fingerprint density at radius 1 is 1.25 bits per heavy atom. The minimum Gasteiger partial charge on any atom is -0.503 e. The quantitative estimate of drug-likeness (QED) is 0.381. The van der Waals surface area contributed by atoms with E-state index in [1.807, 2.05) is 31.2 Å². The summed E-state index contributed by atoms with van der Waals surface area (Å²) in [5.41, 5.74) is 2.61. The predicted octanol–water partition coefficient (Wildman–Crippen LogP) is 4.63. The van der Waals surface area contributed by atoms with Crippen LogP contribution in [-0.2, 0) is 27.4 Å². The molecule has 0 fully saturated rings. The van der Waals surface area contributed by atoms with Gasteiger partial charge in [0.15, 0.2) is 0 Å². The highest BCUT2D eigenvalue weighted by atomic mass is 35.5. The number of esters is 1. The molecular weight excluding hydrogens is 380 g/mol. The molecule has 0 bridgehead atoms. The summed E-state index contributed by atoms with van der Waals surface area (Å²) in [6.45, 7) is 9.13. The lowest BCUT2D eigenvalue weighted by Gasteiger charge is -2.18. The van der Waals surface area contributed by atoms with Crippen molar-refractivity contribution in [3.05, 3.63) is 52.4 Å². The molecule has 1 heterocycles. The number of halogens is 1. The number of benzene rings is 1. The van der Waals surface area contributed by atoms with Crippen molar-refractivity contribution in [1.29, 1.82) is 0 Å². The van der Waals surface area contributed by atoms with Crippen molar-refractivity contribution < 1.29 is 19.0 Å². The van der Waals surface area contributed by atoms with Gasteiger partial charge in [-0.3, -0.25) is 0 Å². The molecule has 2 rings (SSSR count). The Morgan fingerprint density at radius 3 is 2.54 bits per heavy atom. The van der Waals surface area contributed by atoms with Gasteiger partial charge in [0.05, 0.1) is 20.5 Å². The van der Waals surface area contributed by atoms with Gasteiger partial charge in [-0.2, -0.15) is 0 Å². The van der Waals surface area contributed by atoms with Crippen LogP contribution in [0.2, 0.25) is 5.15 Å². The summed E-state index contributed by atoms with van der Waals surface area (Å²) in [6.07, 6.45) is 1.37. The van der Waals surface area contributed by atoms with Gasteiger partial charge in [-0.1, -0.05) is 56.6 Å². The molecule has 0 spiro atoms. The zero-order valence-corrected chi connectivity index (χ0v) is 18.0. The summed E-state index contributed by atoms with van der Waals surface area (Å²) in [7, 11) is 2.81. The van der Waals surface area contributed by atoms with Crippen LogP contribution in [0.1, 0.15) is 37.5 Å². The van der Waals surface area contributed by atoms with Gasteiger partial charge in [-0.15, -0.1) is 5.10 Å². The maximum absolute atomic E-state index is 12.1. The Bertz CT molecular complexity index is 866. The van der Waals surface area contributed by atoms with E-state index in [9.17, 15) is 4.79 Å². The molecule has 0 aliphatic heterocycles. The minimum atomic E-state index is -0.483. The lowest BCUT2D eigenvalue weighted by Crippen LogP contribution is -2.16. The number of nitrogens with zero attached hydrogens (tertiary/aromatic N) is 2. The first-order chi connectivity index (χ1) is 13.2. The van der Waals surface area contributed by atoms with Gasteiger partial charge in [0.25, 0.3) is 0 Å². The second-order valence-electron chi connectivity index (χ2n) is 7.64. The predicted molar refractivity (Wildman–Crippen MR) is 109 cm³/mol. The smallest absolute Gasteiger partial charge is 0.341 e. The first-order valence-corrected chi connectivity index (χ1v) is 9.31. The normalized spacial score (nSPS) is 12.0. The summed E-state index contributed by atoms with van der Waals surface area (Å²) < 4.78 is 17.6. The van der Waals surface area contributed by atoms with E-state index in [-0.39, 0.29) is 12.0 Å². The van der Waals surface area contributed by atoms with Gasteiger partial charge < -0.3 is 14.2 Å². The zero-order valence-electron chi connectivity index (χ0n) is 17.2. The molecule has 0 amide bonds. The van der Waals surface area contributed by atoms with Crippen molar-refractivity contribution in [3.8, 4) is 5.88 Å². The first-order valence-electron chi connectivity index (χ1n) is 8.93. The first kappa shape index (κ1) is 21.8. The lowest BCUT2D eigenvalue weighted by atomic mass is 9.97. The Morgan fingerprint density at radius 2 is 1.93 bits per heavy atom. The fourth-order valence-corrected chi connectivity index (χ4v) is 2.88. The van der Waals surface area contributed by atoms with E-state index in [1.54, 1.807) is 4.68 Å². The van der Waals surface area contributed by atoms with Gasteiger partial charge in [0.2, 0.25) is 5.88 Å². The van der Waals surface area contributed by atoms with Crippen molar-refractivity contribution in [2.45, 2.75) is 40.8 Å². The van der Waals surface area contributed by atoms with Crippen molar-refractivity contribution >= 4 is 23.1 Å². The van der Waals surface area contributed by atoms with Crippen LogP contribution in [0.25, 0.3) is 5.57 Å². The van der Waals surface area contributed by atoms with Gasteiger partial charge in [-0.25, -0.2) is 9.48 Å². The number of hydrogen-bond acceptors (Lipinski definition) is 5. The van der Waals surface area contributed by atoms with Crippen LogP contribution in [0.4, 0.5) is 0 Å². The number of hydrogen-bond donors (Lipinski definition) is 0. The molecule has 6 nitrogen and oxygen atoms in total. The topological polar surface area (TPSA) is 62.6 Å². The van der Waals surface area contributed by atoms with E-state index >= 15 is 0 Å². The third kappa shape index (κ3) is 5.29. The van der Waals surface area contributed by atoms with E-state index in [4.69, 9.17) is 25.8 Å². The Balaban J connectivity index is 2.28. The van der Waals surface area contributed by atoms with Crippen LogP contribution in [0.15, 0.2) is 30.5 Å². The second-order valence-corrected chi connectivity index (χ2v) is 8.00. The molecule has 0 aliphatic rings. The van der Waals surface area contributed by atoms with Crippen molar-refractivity contribution in [1.82, 2.24) is 9.78 Å². The van der Waals surface area contributed by atoms with Gasteiger partial charge >= 0.3 is 5.97 Å². The molecule has 0 saturated carbocycles. The van der Waals surface area contributed by atoms with Crippen molar-refractivity contribution in [2.24, 2.45) is 5.41 Å². The molecule has 0 saturated heterocycles. The maximum Gasteiger partial charge on any atom is 0.341 e. The zero-order chi connectivity index (χ0) is 20.9. The summed E-state index contributed by atoms with van der Waals surface area (Å²) in [6, 6.07) is 7.41. The number of carbonyl (C=O) groups excluding carboxylic acids is 1. The molecular formula is C21H27ClN2O4. The van der Waals surface area contributed by atoms with E-state index in [0.717, 1.165) is 11.1 Å². The molecule has 2 aromatic rings. The van der Waals surface area contributed by atoms with Crippen LogP contribution >= 0.6 is 11.6 Å². The average Bonchev–Trinajstić information content (AvgIpc) is 2.90. The monoisotopic (exact) mass is 406 g/mol. The summed E-state index contributed by atoms with van der Waals surface area (Å²) >= 11 is 6.42. The van der Waals surface area contributed by atoms with E-state index in [0.29, 0.717) is 28.7 Å². The van der Waals surface area contributed by atoms with Gasteiger partial charge in [0.1, 0.15) is 17.3 Å². The summed E-state index contributed by atoms with van der Waals surface area (Å²) in [5.74, 6) is -0.0117.